The van der Waals surface area contributed by atoms with E-state index in [1.165, 1.54) is 89.1 Å². The Morgan fingerprint density at radius 1 is 0.553 bits per heavy atom. The van der Waals surface area contributed by atoms with Gasteiger partial charge >= 0.3 is 0 Å². The molecule has 0 aliphatic carbocycles. The van der Waals surface area contributed by atoms with Gasteiger partial charge in [0, 0.05) is 128 Å². The van der Waals surface area contributed by atoms with Crippen molar-refractivity contribution in [2.75, 3.05) is 120 Å². The number of methoxy groups -OCH3 is 6. The minimum Gasteiger partial charge on any atom is -0.692 e. The van der Waals surface area contributed by atoms with E-state index in [0.717, 1.165) is 26.4 Å². The summed E-state index contributed by atoms with van der Waals surface area (Å²) in [4.78, 5) is 23.3. The van der Waals surface area contributed by atoms with Crippen LogP contribution in [0.1, 0.15) is 53.4 Å². The summed E-state index contributed by atoms with van der Waals surface area (Å²) in [6, 6.07) is 0. The number of ether oxygens (including phenoxy) is 6. The third-order valence-electron chi connectivity index (χ3n) is 7.04. The van der Waals surface area contributed by atoms with Gasteiger partial charge < -0.3 is 39.1 Å². The molecule has 0 heterocycles. The molecule has 13 heteroatoms. The van der Waals surface area contributed by atoms with Gasteiger partial charge in [0.1, 0.15) is 11.2 Å². The van der Waals surface area contributed by atoms with Crippen molar-refractivity contribution >= 4 is 27.4 Å². The Morgan fingerprint density at radius 2 is 0.809 bits per heavy atom. The predicted octanol–water partition coefficient (Wildman–Crippen LogP) is 6.55. The summed E-state index contributed by atoms with van der Waals surface area (Å²) in [7, 11) is 9.87. The molecule has 0 saturated heterocycles. The summed E-state index contributed by atoms with van der Waals surface area (Å²) in [5.74, 6) is -0.300. The molecule has 0 bridgehead atoms. The van der Waals surface area contributed by atoms with Gasteiger partial charge in [-0.25, -0.2) is 0 Å². The van der Waals surface area contributed by atoms with Gasteiger partial charge in [-0.3, -0.25) is 9.59 Å². The average Bonchev–Trinajstić information content (AvgIpc) is 3.03. The summed E-state index contributed by atoms with van der Waals surface area (Å²) < 4.78 is 30.2. The summed E-state index contributed by atoms with van der Waals surface area (Å²) >= 11 is 0. The van der Waals surface area contributed by atoms with Crippen molar-refractivity contribution in [2.24, 2.45) is 0 Å². The Hall–Kier alpha value is -0.311. The Kier molecular flexibility index (Phi) is 42.1. The molecular formula is C34H70N2O8P2Tc. The zero-order chi connectivity index (χ0) is 35.7. The van der Waals surface area contributed by atoms with Crippen LogP contribution in [-0.2, 0) is 58.1 Å². The Labute approximate surface area is 304 Å². The maximum absolute atomic E-state index is 11.7. The molecule has 1 radical (unpaired) electrons. The topological polar surface area (TPSA) is 118 Å². The third-order valence-corrected chi connectivity index (χ3v) is 11.9. The van der Waals surface area contributed by atoms with Crippen LogP contribution >= 0.6 is 15.8 Å². The van der Waals surface area contributed by atoms with Gasteiger partial charge in [0.25, 0.3) is 0 Å². The SMILES string of the molecule is COC(C)(C)C(=O)/C=C\[N-]CC[N-]/C=C\C(=O)C(C)(C)OC.COCCC[PH+](C)CCCOC.COCCC[PH+](C)CCCOC.[99Tc]. The molecule has 10 nitrogen and oxygen atoms in total. The fourth-order valence-corrected chi connectivity index (χ4v) is 6.92. The van der Waals surface area contributed by atoms with Crippen LogP contribution in [0.3, 0.4) is 0 Å². The maximum atomic E-state index is 11.7. The molecule has 0 aromatic carbocycles. The second kappa shape index (κ2) is 37.0. The molecule has 0 atom stereocenters. The molecule has 0 saturated carbocycles. The summed E-state index contributed by atoms with van der Waals surface area (Å²) in [5, 5.41) is 8.09. The van der Waals surface area contributed by atoms with Gasteiger partial charge in [-0.05, 0) is 55.7 Å². The normalized spacial score (nSPS) is 11.6. The first kappa shape index (κ1) is 53.5. The van der Waals surface area contributed by atoms with E-state index in [2.05, 4.69) is 24.0 Å². The average molecular weight is 796 g/mol. The second-order valence-corrected chi connectivity index (χ2v) is 17.7. The molecule has 0 amide bonds. The molecule has 0 rings (SSSR count). The minimum atomic E-state index is -0.840. The largest absolute Gasteiger partial charge is 0.692 e. The monoisotopic (exact) mass is 795 g/mol. The van der Waals surface area contributed by atoms with Crippen LogP contribution in [0.4, 0.5) is 0 Å². The molecule has 0 N–H and O–H groups in total. The first-order valence-corrected chi connectivity index (χ1v) is 21.1. The van der Waals surface area contributed by atoms with E-state index < -0.39 is 11.2 Å². The standard InChI is InChI=1S/C16H28N2O4.2C9H21O2P.Tc/c1-15(2,21-5)13(19)7-9-17-11-12-18-10-8-14(20)16(3,4)22-6;2*1-10-6-4-8-12(3)9-5-7-11-2;/h7-10H,11-12H2,1-6H3,(H2,17,18,19,20);2*4-9H2,1-3H3;/i;;;1+1. The van der Waals surface area contributed by atoms with Crippen molar-refractivity contribution in [3.8, 4) is 0 Å². The van der Waals surface area contributed by atoms with E-state index in [1.807, 2.05) is 0 Å². The zero-order valence-corrected chi connectivity index (χ0v) is 35.6. The van der Waals surface area contributed by atoms with Crippen molar-refractivity contribution < 1.29 is 58.1 Å². The van der Waals surface area contributed by atoms with Crippen molar-refractivity contribution in [1.82, 2.24) is 0 Å². The first-order chi connectivity index (χ1) is 21.8. The molecule has 0 spiro atoms. The minimum absolute atomic E-state index is 0. The van der Waals surface area contributed by atoms with E-state index in [9.17, 15) is 9.59 Å². The molecule has 0 fully saturated rings. The fourth-order valence-electron chi connectivity index (χ4n) is 3.43. The van der Waals surface area contributed by atoms with Gasteiger partial charge in [-0.15, -0.1) is 13.1 Å². The van der Waals surface area contributed by atoms with Gasteiger partial charge in [0.2, 0.25) is 0 Å². The molecule has 281 valence electrons. The van der Waals surface area contributed by atoms with Crippen LogP contribution in [-0.4, -0.2) is 143 Å². The second-order valence-electron chi connectivity index (χ2n) is 11.9. The third kappa shape index (κ3) is 36.8. The molecule has 0 aliphatic rings. The number of carbonyl (C=O) groups excluding carboxylic acids is 2. The van der Waals surface area contributed by atoms with Crippen LogP contribution in [0.2, 0.25) is 0 Å². The van der Waals surface area contributed by atoms with Crippen LogP contribution in [0.15, 0.2) is 24.6 Å². The van der Waals surface area contributed by atoms with Crippen LogP contribution in [0.25, 0.3) is 10.6 Å². The van der Waals surface area contributed by atoms with Crippen molar-refractivity contribution in [3.05, 3.63) is 35.2 Å². The first-order valence-electron chi connectivity index (χ1n) is 16.2. The zero-order valence-electron chi connectivity index (χ0n) is 31.7. The van der Waals surface area contributed by atoms with E-state index in [-0.39, 0.29) is 47.5 Å². The molecule has 0 aliphatic heterocycles. The molecule has 0 aromatic heterocycles. The molecular weight excluding hydrogens is 725 g/mol. The summed E-state index contributed by atoms with van der Waals surface area (Å²) in [6.07, 6.45) is 16.1. The molecule has 0 unspecified atom stereocenters. The molecule has 47 heavy (non-hydrogen) atoms. The maximum Gasteiger partial charge on any atom is 0.185 e. The smallest absolute Gasteiger partial charge is 0.185 e. The number of carbonyl (C=O) groups is 2. The van der Waals surface area contributed by atoms with Crippen molar-refractivity contribution in [1.29, 1.82) is 0 Å². The van der Waals surface area contributed by atoms with E-state index >= 15 is 0 Å². The Bertz CT molecular complexity index is 692. The molecule has 0 aromatic rings. The van der Waals surface area contributed by atoms with Crippen LogP contribution < -0.4 is 0 Å². The van der Waals surface area contributed by atoms with E-state index in [0.29, 0.717) is 13.1 Å². The van der Waals surface area contributed by atoms with Gasteiger partial charge in [-0.2, -0.15) is 12.4 Å². The number of ketones is 2. The Morgan fingerprint density at radius 3 is 1.02 bits per heavy atom. The summed E-state index contributed by atoms with van der Waals surface area (Å²) in [5.41, 5.74) is -1.68. The van der Waals surface area contributed by atoms with Crippen molar-refractivity contribution in [2.45, 2.75) is 64.6 Å². The van der Waals surface area contributed by atoms with E-state index in [1.54, 1.807) is 56.1 Å². The van der Waals surface area contributed by atoms with Gasteiger partial charge in [0.05, 0.1) is 24.6 Å². The van der Waals surface area contributed by atoms with Crippen LogP contribution in [0, 0.1) is 0 Å². The quantitative estimate of drug-likeness (QED) is 0.0522. The number of nitrogens with zero attached hydrogens (tertiary/aromatic N) is 2. The predicted molar refractivity (Wildman–Crippen MR) is 201 cm³/mol. The number of rotatable bonds is 27. The van der Waals surface area contributed by atoms with Crippen LogP contribution in [0.5, 0.6) is 0 Å². The van der Waals surface area contributed by atoms with Gasteiger partial charge in [0.15, 0.2) is 11.6 Å². The van der Waals surface area contributed by atoms with E-state index in [4.69, 9.17) is 28.4 Å². The van der Waals surface area contributed by atoms with Gasteiger partial charge in [-0.1, -0.05) is 0 Å². The number of hydrogen-bond donors (Lipinski definition) is 0. The van der Waals surface area contributed by atoms with Crippen molar-refractivity contribution in [3.63, 3.8) is 0 Å². The fraction of sp³-hybridized carbons (Fsp3) is 0.824. The summed E-state index contributed by atoms with van der Waals surface area (Å²) in [6.45, 7) is 16.1. The Balaban J connectivity index is -0.000000316. The number of hydrogen-bond acceptors (Lipinski definition) is 8.